The quantitative estimate of drug-likeness (QED) is 0.360. The number of carbonyl (C=O) groups is 1. The molecule has 1 aromatic carbocycles. The van der Waals surface area contributed by atoms with Crippen LogP contribution in [-0.4, -0.2) is 5.78 Å². The summed E-state index contributed by atoms with van der Waals surface area (Å²) in [6, 6.07) is 4.99. The van der Waals surface area contributed by atoms with E-state index in [-0.39, 0.29) is 10.8 Å². The van der Waals surface area contributed by atoms with Crippen molar-refractivity contribution in [2.24, 2.45) is 11.8 Å². The highest BCUT2D eigenvalue weighted by molar-refractivity contribution is 5.98. The highest BCUT2D eigenvalue weighted by atomic mass is 16.1. The van der Waals surface area contributed by atoms with E-state index in [4.69, 9.17) is 0 Å². The number of Topliss-reactive ketones (excluding diaryl/α,β-unsaturated/α-hetero) is 1. The minimum Gasteiger partial charge on any atom is -0.294 e. The van der Waals surface area contributed by atoms with Gasteiger partial charge in [-0.2, -0.15) is 0 Å². The predicted molar refractivity (Wildman–Crippen MR) is 152 cm³/mol. The molecular formula is C34H50O. The lowest BCUT2D eigenvalue weighted by Gasteiger charge is -2.42. The molecule has 192 valence electrons. The van der Waals surface area contributed by atoms with Crippen molar-refractivity contribution in [3.63, 3.8) is 0 Å². The van der Waals surface area contributed by atoms with Gasteiger partial charge < -0.3 is 0 Å². The van der Waals surface area contributed by atoms with Crippen molar-refractivity contribution in [1.29, 1.82) is 0 Å². The zero-order valence-corrected chi connectivity index (χ0v) is 23.7. The first kappa shape index (κ1) is 27.7. The van der Waals surface area contributed by atoms with E-state index in [0.717, 1.165) is 31.3 Å². The van der Waals surface area contributed by atoms with Gasteiger partial charge >= 0.3 is 0 Å². The molecule has 0 bridgehead atoms. The number of hydrogen-bond acceptors (Lipinski definition) is 1. The van der Waals surface area contributed by atoms with Crippen molar-refractivity contribution < 1.29 is 4.79 Å². The van der Waals surface area contributed by atoms with Gasteiger partial charge in [-0.25, -0.2) is 0 Å². The molecule has 3 aliphatic rings. The maximum absolute atomic E-state index is 12.7. The summed E-state index contributed by atoms with van der Waals surface area (Å²) >= 11 is 0. The summed E-state index contributed by atoms with van der Waals surface area (Å²) in [4.78, 5) is 12.7. The number of aryl methyl sites for hydroxylation is 1. The van der Waals surface area contributed by atoms with Crippen LogP contribution in [0.4, 0.5) is 0 Å². The van der Waals surface area contributed by atoms with E-state index in [1.807, 2.05) is 13.8 Å². The van der Waals surface area contributed by atoms with Crippen LogP contribution >= 0.6 is 0 Å². The van der Waals surface area contributed by atoms with Crippen LogP contribution < -0.4 is 0 Å². The van der Waals surface area contributed by atoms with Crippen molar-refractivity contribution in [3.05, 3.63) is 70.3 Å². The predicted octanol–water partition coefficient (Wildman–Crippen LogP) is 9.51. The third-order valence-electron chi connectivity index (χ3n) is 8.89. The molecule has 2 atom stereocenters. The molecule has 1 heteroatoms. The summed E-state index contributed by atoms with van der Waals surface area (Å²) in [7, 11) is 0. The van der Waals surface area contributed by atoms with Gasteiger partial charge in [0, 0.05) is 12.0 Å². The van der Waals surface area contributed by atoms with Crippen LogP contribution in [0.2, 0.25) is 0 Å². The van der Waals surface area contributed by atoms with Gasteiger partial charge in [-0.1, -0.05) is 84.1 Å². The Morgan fingerprint density at radius 2 is 1.71 bits per heavy atom. The standard InChI is InChI=1S/C32H44O.C2H6/c1-22-9-7-10-25(22)11-8-12-30(33)26-15-13-24(14-16-26)20-27-21-29-28(19-23(27)2)31(3,4)17-18-32(29,5)6;1-2/h13,15-16,19,21,24-25H,1,7-12,14,17-18,20H2,2-6H3;1-2H3/t24?,25-;/m0./s1. The molecule has 1 nitrogen and oxygen atoms in total. The SMILES string of the molecule is C=C1CCC[C@H]1CCCC(=O)C1=CCC(Cc2cc3c(cc2C)C(C)(C)CCC3(C)C)C=C1.CC. The zero-order valence-electron chi connectivity index (χ0n) is 23.7. The molecule has 35 heavy (non-hydrogen) atoms. The summed E-state index contributed by atoms with van der Waals surface area (Å²) in [6.07, 6.45) is 17.7. The molecule has 0 radical (unpaired) electrons. The Hall–Kier alpha value is -1.89. The maximum Gasteiger partial charge on any atom is 0.162 e. The third-order valence-corrected chi connectivity index (χ3v) is 8.89. The van der Waals surface area contributed by atoms with E-state index >= 15 is 0 Å². The third kappa shape index (κ3) is 6.46. The van der Waals surface area contributed by atoms with Crippen LogP contribution in [-0.2, 0) is 22.0 Å². The van der Waals surface area contributed by atoms with Gasteiger partial charge in [0.1, 0.15) is 0 Å². The van der Waals surface area contributed by atoms with Crippen LogP contribution in [0.3, 0.4) is 0 Å². The fourth-order valence-corrected chi connectivity index (χ4v) is 6.28. The smallest absolute Gasteiger partial charge is 0.162 e. The van der Waals surface area contributed by atoms with E-state index in [1.165, 1.54) is 48.8 Å². The van der Waals surface area contributed by atoms with Gasteiger partial charge in [0.05, 0.1) is 0 Å². The minimum atomic E-state index is 0.250. The summed E-state index contributed by atoms with van der Waals surface area (Å²) in [5, 5.41) is 0. The minimum absolute atomic E-state index is 0.250. The monoisotopic (exact) mass is 474 g/mol. The second-order valence-electron chi connectivity index (χ2n) is 12.4. The second-order valence-corrected chi connectivity index (χ2v) is 12.4. The van der Waals surface area contributed by atoms with Gasteiger partial charge in [-0.05, 0) is 110 Å². The molecule has 0 saturated heterocycles. The Labute approximate surface area is 216 Å². The van der Waals surface area contributed by atoms with E-state index in [1.54, 1.807) is 11.1 Å². The van der Waals surface area contributed by atoms with E-state index < -0.39 is 0 Å². The topological polar surface area (TPSA) is 17.1 Å². The molecular weight excluding hydrogens is 424 g/mol. The number of rotatable bonds is 7. The van der Waals surface area contributed by atoms with Gasteiger partial charge in [-0.3, -0.25) is 4.79 Å². The van der Waals surface area contributed by atoms with Crippen molar-refractivity contribution in [2.75, 3.05) is 0 Å². The molecule has 0 spiro atoms. The molecule has 0 aromatic heterocycles. The largest absolute Gasteiger partial charge is 0.294 e. The molecule has 0 aliphatic heterocycles. The molecule has 3 aliphatic carbocycles. The van der Waals surface area contributed by atoms with Crippen molar-refractivity contribution >= 4 is 5.78 Å². The summed E-state index contributed by atoms with van der Waals surface area (Å²) in [6.45, 7) is 20.1. The molecule has 1 fully saturated rings. The number of ketones is 1. The van der Waals surface area contributed by atoms with E-state index in [0.29, 0.717) is 24.0 Å². The Bertz CT molecular complexity index is 984. The fourth-order valence-electron chi connectivity index (χ4n) is 6.28. The molecule has 4 rings (SSSR count). The fraction of sp³-hybridized carbons (Fsp3) is 0.618. The average molecular weight is 475 g/mol. The lowest BCUT2D eigenvalue weighted by Crippen LogP contribution is -2.34. The Morgan fingerprint density at radius 3 is 2.29 bits per heavy atom. The van der Waals surface area contributed by atoms with Crippen LogP contribution in [0.15, 0.2) is 48.1 Å². The number of hydrogen-bond donors (Lipinski definition) is 0. The average Bonchev–Trinajstić information content (AvgIpc) is 3.24. The number of fused-ring (bicyclic) bond motifs is 1. The summed E-state index contributed by atoms with van der Waals surface area (Å²) in [5.41, 5.74) is 8.86. The van der Waals surface area contributed by atoms with Crippen molar-refractivity contribution in [2.45, 2.75) is 124 Å². The lowest BCUT2D eigenvalue weighted by atomic mass is 9.62. The van der Waals surface area contributed by atoms with E-state index in [9.17, 15) is 4.79 Å². The van der Waals surface area contributed by atoms with Gasteiger partial charge in [0.25, 0.3) is 0 Å². The first-order chi connectivity index (χ1) is 16.6. The van der Waals surface area contributed by atoms with Gasteiger partial charge in [0.15, 0.2) is 5.78 Å². The highest BCUT2D eigenvalue weighted by Crippen LogP contribution is 2.46. The first-order valence-corrected chi connectivity index (χ1v) is 14.3. The first-order valence-electron chi connectivity index (χ1n) is 14.3. The highest BCUT2D eigenvalue weighted by Gasteiger charge is 2.37. The Balaban J connectivity index is 0.00000167. The van der Waals surface area contributed by atoms with Crippen LogP contribution in [0, 0.1) is 18.8 Å². The molecule has 1 aromatic rings. The maximum atomic E-state index is 12.7. The van der Waals surface area contributed by atoms with Crippen LogP contribution in [0.1, 0.15) is 122 Å². The summed E-state index contributed by atoms with van der Waals surface area (Å²) in [5.74, 6) is 1.47. The van der Waals surface area contributed by atoms with Gasteiger partial charge in [0.2, 0.25) is 0 Å². The van der Waals surface area contributed by atoms with Gasteiger partial charge in [-0.15, -0.1) is 0 Å². The van der Waals surface area contributed by atoms with E-state index in [2.05, 4.69) is 71.6 Å². The summed E-state index contributed by atoms with van der Waals surface area (Å²) < 4.78 is 0. The lowest BCUT2D eigenvalue weighted by molar-refractivity contribution is -0.115. The van der Waals surface area contributed by atoms with Crippen LogP contribution in [0.5, 0.6) is 0 Å². The Morgan fingerprint density at radius 1 is 1.06 bits per heavy atom. The van der Waals surface area contributed by atoms with Crippen molar-refractivity contribution in [1.82, 2.24) is 0 Å². The van der Waals surface area contributed by atoms with Crippen LogP contribution in [0.25, 0.3) is 0 Å². The molecule has 0 heterocycles. The molecule has 1 unspecified atom stereocenters. The number of benzene rings is 1. The number of allylic oxidation sites excluding steroid dienone is 5. The Kier molecular flexibility index (Phi) is 9.06. The van der Waals surface area contributed by atoms with Crippen molar-refractivity contribution in [3.8, 4) is 0 Å². The zero-order chi connectivity index (χ0) is 25.8. The molecule has 0 N–H and O–H groups in total. The second kappa shape index (κ2) is 11.4. The number of carbonyl (C=O) groups excluding carboxylic acids is 1. The molecule has 1 saturated carbocycles. The molecule has 0 amide bonds. The normalized spacial score (nSPS) is 24.3.